The van der Waals surface area contributed by atoms with Crippen LogP contribution in [0.3, 0.4) is 0 Å². The third kappa shape index (κ3) is 7.00. The maximum atomic E-state index is 7.13. The van der Waals surface area contributed by atoms with Crippen molar-refractivity contribution >= 4 is 122 Å². The summed E-state index contributed by atoms with van der Waals surface area (Å²) >= 11 is 1.91. The van der Waals surface area contributed by atoms with Crippen molar-refractivity contribution in [2.45, 2.75) is 129 Å². The number of furan rings is 1. The number of fused-ring (bicyclic) bond motifs is 14. The second-order valence-corrected chi connectivity index (χ2v) is 28.3. The summed E-state index contributed by atoms with van der Waals surface area (Å²) in [6.07, 6.45) is 4.66. The minimum Gasteiger partial charge on any atom is -0.454 e. The fourth-order valence-electron chi connectivity index (χ4n) is 14.9. The van der Waals surface area contributed by atoms with Gasteiger partial charge in [-0.15, -0.1) is 11.3 Å². The van der Waals surface area contributed by atoms with Crippen LogP contribution in [0.2, 0.25) is 0 Å². The Balaban J connectivity index is 1.13. The van der Waals surface area contributed by atoms with Gasteiger partial charge >= 0.3 is 0 Å². The van der Waals surface area contributed by atoms with Gasteiger partial charge in [-0.2, -0.15) is 0 Å². The first-order valence-corrected chi connectivity index (χ1v) is 30.1. The molecule has 1 aliphatic carbocycles. The number of para-hydroxylation sites is 2. The lowest BCUT2D eigenvalue weighted by atomic mass is 9.33. The van der Waals surface area contributed by atoms with Gasteiger partial charge in [-0.05, 0) is 141 Å². The molecule has 0 bridgehead atoms. The van der Waals surface area contributed by atoms with Crippen LogP contribution in [0.1, 0.15) is 124 Å². The lowest BCUT2D eigenvalue weighted by molar-refractivity contribution is 0.195. The lowest BCUT2D eigenvalue weighted by Crippen LogP contribution is -2.61. The second-order valence-electron chi connectivity index (χ2n) is 27.2. The predicted molar refractivity (Wildman–Crippen MR) is 345 cm³/mol. The molecule has 6 heteroatoms. The number of hydrogen-bond donors (Lipinski definition) is 0. The van der Waals surface area contributed by atoms with Crippen molar-refractivity contribution in [3.63, 3.8) is 0 Å². The van der Waals surface area contributed by atoms with Crippen LogP contribution in [-0.4, -0.2) is 12.3 Å². The molecule has 9 aromatic carbocycles. The summed E-state index contributed by atoms with van der Waals surface area (Å²) in [6, 6.07) is 68.1. The molecule has 0 radical (unpaired) electrons. The number of benzene rings is 9. The molecule has 0 saturated heterocycles. The van der Waals surface area contributed by atoms with Crippen molar-refractivity contribution in [3.8, 4) is 11.1 Å². The molecule has 396 valence electrons. The molecule has 1 saturated carbocycles. The molecule has 80 heavy (non-hydrogen) atoms. The summed E-state index contributed by atoms with van der Waals surface area (Å²) in [5.74, 6) is 0. The number of hydrogen-bond acceptors (Lipinski definition) is 5. The minimum absolute atomic E-state index is 0.0113. The van der Waals surface area contributed by atoms with Crippen LogP contribution in [0.4, 0.5) is 45.5 Å². The molecule has 15 rings (SSSR count). The highest BCUT2D eigenvalue weighted by Gasteiger charge is 2.58. The Morgan fingerprint density at radius 2 is 1.11 bits per heavy atom. The van der Waals surface area contributed by atoms with E-state index in [9.17, 15) is 0 Å². The predicted octanol–water partition coefficient (Wildman–Crippen LogP) is 19.3. The van der Waals surface area contributed by atoms with E-state index >= 15 is 0 Å². The van der Waals surface area contributed by atoms with Gasteiger partial charge < -0.3 is 19.1 Å². The molecule has 5 heterocycles. The first-order chi connectivity index (χ1) is 38.3. The summed E-state index contributed by atoms with van der Waals surface area (Å²) < 4.78 is 9.73. The van der Waals surface area contributed by atoms with E-state index in [0.29, 0.717) is 0 Å². The number of thiophene rings is 1. The van der Waals surface area contributed by atoms with E-state index in [1.54, 1.807) is 0 Å². The van der Waals surface area contributed by atoms with Gasteiger partial charge in [0.1, 0.15) is 5.58 Å². The molecule has 3 aliphatic heterocycles. The van der Waals surface area contributed by atoms with Gasteiger partial charge in [0.05, 0.1) is 22.6 Å². The zero-order valence-electron chi connectivity index (χ0n) is 48.3. The normalized spacial score (nSPS) is 18.7. The molecule has 4 aliphatic rings. The van der Waals surface area contributed by atoms with Crippen molar-refractivity contribution in [1.29, 1.82) is 0 Å². The Labute approximate surface area is 476 Å². The van der Waals surface area contributed by atoms with E-state index in [-0.39, 0.29) is 33.9 Å². The van der Waals surface area contributed by atoms with Gasteiger partial charge in [0.15, 0.2) is 5.58 Å². The first-order valence-electron chi connectivity index (χ1n) is 29.2. The highest BCUT2D eigenvalue weighted by molar-refractivity contribution is 7.26. The molecule has 11 aromatic rings. The smallest absolute Gasteiger partial charge is 0.252 e. The Kier molecular flexibility index (Phi) is 10.5. The zero-order chi connectivity index (χ0) is 55.0. The number of anilines is 8. The number of rotatable bonds is 4. The third-order valence-corrected chi connectivity index (χ3v) is 20.6. The fourth-order valence-corrected chi connectivity index (χ4v) is 16.1. The average molecular weight is 1060 g/mol. The summed E-state index contributed by atoms with van der Waals surface area (Å²) in [5, 5.41) is 4.87. The molecule has 2 aromatic heterocycles. The summed E-state index contributed by atoms with van der Waals surface area (Å²) in [6.45, 7) is 26.3. The molecule has 0 N–H and O–H groups in total. The zero-order valence-corrected chi connectivity index (χ0v) is 49.1. The highest BCUT2D eigenvalue weighted by Crippen LogP contribution is 2.63. The fraction of sp³-hybridized carbons (Fsp3) is 0.270. The van der Waals surface area contributed by atoms with Gasteiger partial charge in [-0.25, -0.2) is 0 Å². The van der Waals surface area contributed by atoms with Gasteiger partial charge in [0, 0.05) is 70.4 Å². The van der Waals surface area contributed by atoms with E-state index in [1.165, 1.54) is 123 Å². The quantitative estimate of drug-likeness (QED) is 0.164. The highest BCUT2D eigenvalue weighted by atomic mass is 32.1. The van der Waals surface area contributed by atoms with Crippen LogP contribution in [-0.2, 0) is 21.7 Å². The third-order valence-electron chi connectivity index (χ3n) is 19.5. The van der Waals surface area contributed by atoms with Crippen molar-refractivity contribution in [2.75, 3.05) is 14.7 Å². The molecule has 2 atom stereocenters. The van der Waals surface area contributed by atoms with Crippen molar-refractivity contribution in [1.82, 2.24) is 0 Å². The van der Waals surface area contributed by atoms with Gasteiger partial charge in [-0.1, -0.05) is 197 Å². The van der Waals surface area contributed by atoms with E-state index in [2.05, 4.69) is 267 Å². The number of nitrogens with zero attached hydrogens (tertiary/aromatic N) is 3. The lowest BCUT2D eigenvalue weighted by Gasteiger charge is -2.51. The molecular formula is C74H70BN3OS. The maximum absolute atomic E-state index is 7.13. The molecule has 0 spiro atoms. The van der Waals surface area contributed by atoms with E-state index < -0.39 is 0 Å². The van der Waals surface area contributed by atoms with Crippen LogP contribution < -0.4 is 31.1 Å². The van der Waals surface area contributed by atoms with Crippen molar-refractivity contribution in [3.05, 3.63) is 198 Å². The van der Waals surface area contributed by atoms with Gasteiger partial charge in [-0.3, -0.25) is 0 Å². The first kappa shape index (κ1) is 49.5. The molecule has 1 fully saturated rings. The molecule has 4 nitrogen and oxygen atoms in total. The Morgan fingerprint density at radius 3 is 1.86 bits per heavy atom. The Hall–Kier alpha value is -7.54. The molecular weight excluding hydrogens is 990 g/mol. The topological polar surface area (TPSA) is 22.9 Å². The van der Waals surface area contributed by atoms with E-state index in [1.807, 2.05) is 11.3 Å². The van der Waals surface area contributed by atoms with Crippen LogP contribution in [0.5, 0.6) is 0 Å². The Morgan fingerprint density at radius 1 is 0.487 bits per heavy atom. The molecule has 0 amide bonds. The minimum atomic E-state index is -0.208. The van der Waals surface area contributed by atoms with Crippen LogP contribution in [0, 0.1) is 0 Å². The van der Waals surface area contributed by atoms with Gasteiger partial charge in [0.25, 0.3) is 6.71 Å². The van der Waals surface area contributed by atoms with Crippen LogP contribution in [0.25, 0.3) is 53.2 Å². The van der Waals surface area contributed by atoms with Crippen molar-refractivity contribution < 1.29 is 4.42 Å². The summed E-state index contributed by atoms with van der Waals surface area (Å²) in [5.41, 5.74) is 22.9. The summed E-state index contributed by atoms with van der Waals surface area (Å²) in [4.78, 5) is 8.17. The SMILES string of the molecule is CC(C)(C)c1ccc2c(c1)B1c3ccc4sc5ccccc5c4c3N(c3ccc(C(C)(C)C)cc3-c3ccccc3)c3cc(N4c5ccc(C(C)(C)C)cc5C5(C)CCCCC45C)cc(c31)N2c1cccc2c1oc1ccccc12. The standard InChI is InChI=1S/C74H70BN3OS/c1-70(2,3)46-30-34-57(53(40-46)45-22-13-12-14-23-45)77-62-44-49(78-58-35-31-47(71(4,5)6)41-54(58)73(10)38-19-20-39-74(73,78)11)43-61-67(62)75(55-33-37-65-66(68(55)77)52-25-16-18-29-64(52)80-65)56-42-48(72(7,8)9)32-36-59(56)76(61)60-27-21-26-51-50-24-15-17-28-63(50)79-69(51)60/h12-18,21-37,40-44H,19-20,38-39H2,1-11H3. The van der Waals surface area contributed by atoms with Crippen molar-refractivity contribution in [2.24, 2.45) is 0 Å². The average Bonchev–Trinajstić information content (AvgIpc) is 2.01. The maximum Gasteiger partial charge on any atom is 0.252 e. The van der Waals surface area contributed by atoms with E-state index in [0.717, 1.165) is 40.5 Å². The second kappa shape index (κ2) is 17.0. The largest absolute Gasteiger partial charge is 0.454 e. The summed E-state index contributed by atoms with van der Waals surface area (Å²) in [7, 11) is 0. The van der Waals surface area contributed by atoms with E-state index in [4.69, 9.17) is 4.42 Å². The van der Waals surface area contributed by atoms with Gasteiger partial charge in [0.2, 0.25) is 0 Å². The Bertz CT molecular complexity index is 4390. The van der Waals surface area contributed by atoms with Crippen LogP contribution >= 0.6 is 11.3 Å². The monoisotopic (exact) mass is 1060 g/mol. The van der Waals surface area contributed by atoms with Crippen LogP contribution in [0.15, 0.2) is 180 Å². The molecule has 2 unspecified atom stereocenters.